The van der Waals surface area contributed by atoms with Gasteiger partial charge in [-0.05, 0) is 50.5 Å². The number of ether oxygens (including phenoxy) is 1. The van der Waals surface area contributed by atoms with Crippen molar-refractivity contribution in [3.8, 4) is 5.75 Å². The molecule has 1 aromatic heterocycles. The molecule has 0 spiro atoms. The predicted octanol–water partition coefficient (Wildman–Crippen LogP) is 3.07. The Balaban J connectivity index is 1.62. The van der Waals surface area contributed by atoms with E-state index in [2.05, 4.69) is 35.4 Å². The lowest BCUT2D eigenvalue weighted by molar-refractivity contribution is -0.116. The van der Waals surface area contributed by atoms with Crippen LogP contribution in [-0.4, -0.2) is 21.7 Å². The van der Waals surface area contributed by atoms with Gasteiger partial charge in [0.2, 0.25) is 5.91 Å². The molecule has 0 saturated heterocycles. The summed E-state index contributed by atoms with van der Waals surface area (Å²) in [6, 6.07) is 9.73. The number of hydrogen-bond donors (Lipinski definition) is 1. The van der Waals surface area contributed by atoms with Gasteiger partial charge in [0.1, 0.15) is 11.4 Å². The van der Waals surface area contributed by atoms with Crippen molar-refractivity contribution in [3.05, 3.63) is 47.2 Å². The van der Waals surface area contributed by atoms with Gasteiger partial charge in [-0.3, -0.25) is 4.79 Å². The highest BCUT2D eigenvalue weighted by molar-refractivity contribution is 5.89. The Morgan fingerprint density at radius 2 is 2.09 bits per heavy atom. The third kappa shape index (κ3) is 3.67. The lowest BCUT2D eigenvalue weighted by atomic mass is 9.99. The number of aryl methyl sites for hydroxylation is 2. The molecule has 120 valence electrons. The van der Waals surface area contributed by atoms with Crippen molar-refractivity contribution < 1.29 is 9.53 Å². The van der Waals surface area contributed by atoms with Crippen molar-refractivity contribution in [1.82, 2.24) is 10.2 Å². The summed E-state index contributed by atoms with van der Waals surface area (Å²) in [4.78, 5) is 12.1. The predicted molar refractivity (Wildman–Crippen MR) is 88.6 cm³/mol. The van der Waals surface area contributed by atoms with E-state index >= 15 is 0 Å². The van der Waals surface area contributed by atoms with E-state index in [0.29, 0.717) is 18.7 Å². The molecule has 0 aliphatic carbocycles. The van der Waals surface area contributed by atoms with Crippen LogP contribution in [0.2, 0.25) is 0 Å². The van der Waals surface area contributed by atoms with E-state index in [1.54, 1.807) is 6.07 Å². The average molecular weight is 311 g/mol. The zero-order valence-corrected chi connectivity index (χ0v) is 13.7. The summed E-state index contributed by atoms with van der Waals surface area (Å²) in [5, 5.41) is 10.6. The number of nitrogens with zero attached hydrogens (tertiary/aromatic N) is 2. The number of nitrogens with one attached hydrogen (secondary N) is 1. The molecule has 0 radical (unpaired) electrons. The van der Waals surface area contributed by atoms with Crippen molar-refractivity contribution >= 4 is 11.7 Å². The molecule has 0 unspecified atom stereocenters. The van der Waals surface area contributed by atoms with Crippen LogP contribution in [0.3, 0.4) is 0 Å². The Morgan fingerprint density at radius 1 is 1.26 bits per heavy atom. The van der Waals surface area contributed by atoms with Gasteiger partial charge in [-0.15, -0.1) is 5.10 Å². The Hall–Kier alpha value is -2.43. The fourth-order valence-corrected chi connectivity index (χ4v) is 2.80. The Bertz CT molecular complexity index is 724. The number of hydrogen-bond acceptors (Lipinski definition) is 4. The van der Waals surface area contributed by atoms with Crippen LogP contribution in [-0.2, 0) is 17.6 Å². The number of fused-ring (bicyclic) bond motifs is 1. The third-order valence-corrected chi connectivity index (χ3v) is 3.86. The molecule has 5 heteroatoms. The van der Waals surface area contributed by atoms with Crippen molar-refractivity contribution in [2.45, 2.75) is 45.6 Å². The second-order valence-corrected chi connectivity index (χ2v) is 6.55. The van der Waals surface area contributed by atoms with Gasteiger partial charge in [-0.1, -0.05) is 18.2 Å². The van der Waals surface area contributed by atoms with E-state index in [1.165, 1.54) is 5.56 Å². The largest absolute Gasteiger partial charge is 0.487 e. The van der Waals surface area contributed by atoms with E-state index in [9.17, 15) is 4.79 Å². The Morgan fingerprint density at radius 3 is 2.83 bits per heavy atom. The molecule has 2 heterocycles. The van der Waals surface area contributed by atoms with Gasteiger partial charge in [0.05, 0.1) is 5.69 Å². The molecule has 5 nitrogen and oxygen atoms in total. The highest BCUT2D eigenvalue weighted by Crippen LogP contribution is 2.37. The SMILES string of the molecule is Cc1ccc(NC(=O)CCc2cccc3c2OC(C)(C)C3)nn1. The van der Waals surface area contributed by atoms with Crippen LogP contribution in [0.25, 0.3) is 0 Å². The maximum absolute atomic E-state index is 12.1. The third-order valence-electron chi connectivity index (χ3n) is 3.86. The number of benzene rings is 1. The molecule has 2 aromatic rings. The number of para-hydroxylation sites is 1. The molecule has 1 amide bonds. The number of carbonyl (C=O) groups excluding carboxylic acids is 1. The second kappa shape index (κ2) is 5.99. The van der Waals surface area contributed by atoms with Gasteiger partial charge in [0.25, 0.3) is 0 Å². The normalized spacial score (nSPS) is 14.9. The minimum Gasteiger partial charge on any atom is -0.487 e. The van der Waals surface area contributed by atoms with Crippen LogP contribution in [0.5, 0.6) is 5.75 Å². The maximum atomic E-state index is 12.1. The van der Waals surface area contributed by atoms with Crippen molar-refractivity contribution in [3.63, 3.8) is 0 Å². The molecule has 23 heavy (non-hydrogen) atoms. The topological polar surface area (TPSA) is 64.1 Å². The van der Waals surface area contributed by atoms with Crippen LogP contribution < -0.4 is 10.1 Å². The molecule has 0 bridgehead atoms. The highest BCUT2D eigenvalue weighted by Gasteiger charge is 2.31. The van der Waals surface area contributed by atoms with Crippen LogP contribution in [0.15, 0.2) is 30.3 Å². The first-order valence-electron chi connectivity index (χ1n) is 7.83. The van der Waals surface area contributed by atoms with Gasteiger partial charge >= 0.3 is 0 Å². The fraction of sp³-hybridized carbons (Fsp3) is 0.389. The number of aromatic nitrogens is 2. The monoisotopic (exact) mass is 311 g/mol. The van der Waals surface area contributed by atoms with Gasteiger partial charge in [-0.2, -0.15) is 5.10 Å². The summed E-state index contributed by atoms with van der Waals surface area (Å²) in [5.41, 5.74) is 2.95. The van der Waals surface area contributed by atoms with E-state index in [0.717, 1.165) is 23.4 Å². The maximum Gasteiger partial charge on any atom is 0.225 e. The molecule has 1 aromatic carbocycles. The smallest absolute Gasteiger partial charge is 0.225 e. The number of rotatable bonds is 4. The molecular weight excluding hydrogens is 290 g/mol. The first-order chi connectivity index (χ1) is 10.9. The minimum absolute atomic E-state index is 0.0713. The summed E-state index contributed by atoms with van der Waals surface area (Å²) >= 11 is 0. The second-order valence-electron chi connectivity index (χ2n) is 6.55. The molecule has 0 saturated carbocycles. The summed E-state index contributed by atoms with van der Waals surface area (Å²) < 4.78 is 6.04. The van der Waals surface area contributed by atoms with E-state index in [-0.39, 0.29) is 11.5 Å². The van der Waals surface area contributed by atoms with Crippen LogP contribution in [0, 0.1) is 6.92 Å². The molecule has 0 fully saturated rings. The molecule has 1 aliphatic heterocycles. The van der Waals surface area contributed by atoms with Gasteiger partial charge < -0.3 is 10.1 Å². The molecule has 0 atom stereocenters. The summed E-state index contributed by atoms with van der Waals surface area (Å²) in [7, 11) is 0. The minimum atomic E-state index is -0.168. The van der Waals surface area contributed by atoms with Gasteiger partial charge in [0.15, 0.2) is 5.82 Å². The van der Waals surface area contributed by atoms with E-state index < -0.39 is 0 Å². The number of carbonyl (C=O) groups is 1. The number of amides is 1. The summed E-state index contributed by atoms with van der Waals surface area (Å²) in [5.74, 6) is 1.36. The lowest BCUT2D eigenvalue weighted by Gasteiger charge is -2.18. The van der Waals surface area contributed by atoms with Gasteiger partial charge in [0, 0.05) is 12.8 Å². The van der Waals surface area contributed by atoms with Crippen molar-refractivity contribution in [2.24, 2.45) is 0 Å². The summed E-state index contributed by atoms with van der Waals surface area (Å²) in [6.07, 6.45) is 1.93. The summed E-state index contributed by atoms with van der Waals surface area (Å²) in [6.45, 7) is 6.02. The molecular formula is C18H21N3O2. The lowest BCUT2D eigenvalue weighted by Crippen LogP contribution is -2.25. The Labute approximate surface area is 136 Å². The van der Waals surface area contributed by atoms with Crippen LogP contribution in [0.1, 0.15) is 37.1 Å². The first-order valence-corrected chi connectivity index (χ1v) is 7.83. The zero-order valence-electron chi connectivity index (χ0n) is 13.7. The average Bonchev–Trinajstić information content (AvgIpc) is 2.82. The first kappa shape index (κ1) is 15.5. The van der Waals surface area contributed by atoms with Crippen molar-refractivity contribution in [2.75, 3.05) is 5.32 Å². The van der Waals surface area contributed by atoms with Gasteiger partial charge in [-0.25, -0.2) is 0 Å². The van der Waals surface area contributed by atoms with E-state index in [1.807, 2.05) is 25.1 Å². The highest BCUT2D eigenvalue weighted by atomic mass is 16.5. The van der Waals surface area contributed by atoms with Crippen LogP contribution >= 0.6 is 0 Å². The molecule has 1 aliphatic rings. The number of anilines is 1. The quantitative estimate of drug-likeness (QED) is 0.942. The zero-order chi connectivity index (χ0) is 16.4. The van der Waals surface area contributed by atoms with Crippen LogP contribution in [0.4, 0.5) is 5.82 Å². The van der Waals surface area contributed by atoms with E-state index in [4.69, 9.17) is 4.74 Å². The Kier molecular flexibility index (Phi) is 4.03. The standard InChI is InChI=1S/C18H21N3O2/c1-12-7-9-15(21-20-12)19-16(22)10-8-13-5-4-6-14-11-18(2,3)23-17(13)14/h4-7,9H,8,10-11H2,1-3H3,(H,19,21,22). The fourth-order valence-electron chi connectivity index (χ4n) is 2.80. The molecule has 3 rings (SSSR count). The molecule has 1 N–H and O–H groups in total. The van der Waals surface area contributed by atoms with Crippen molar-refractivity contribution in [1.29, 1.82) is 0 Å².